The van der Waals surface area contributed by atoms with E-state index in [0.717, 1.165) is 36.4 Å². The van der Waals surface area contributed by atoms with Gasteiger partial charge in [0.2, 0.25) is 11.5 Å². The summed E-state index contributed by atoms with van der Waals surface area (Å²) in [6.45, 7) is 0. The van der Waals surface area contributed by atoms with Gasteiger partial charge in [0.15, 0.2) is 5.82 Å². The molecule has 2 N–H and O–H groups in total. The molecule has 148 valence electrons. The molecule has 0 heterocycles. The maximum Gasteiger partial charge on any atom is 0.573 e. The van der Waals surface area contributed by atoms with E-state index in [1.165, 1.54) is 0 Å². The first-order chi connectivity index (χ1) is 13.0. The Bertz CT molecular complexity index is 945. The van der Waals surface area contributed by atoms with Crippen molar-refractivity contribution in [3.8, 4) is 5.75 Å². The minimum Gasteiger partial charge on any atom is -0.476 e. The summed E-state index contributed by atoms with van der Waals surface area (Å²) in [4.78, 5) is 23.5. The van der Waals surface area contributed by atoms with Gasteiger partial charge in [0.05, 0.1) is 15.7 Å². The second-order valence-corrected chi connectivity index (χ2v) is 5.85. The van der Waals surface area contributed by atoms with Crippen molar-refractivity contribution >= 4 is 39.1 Å². The van der Waals surface area contributed by atoms with E-state index in [9.17, 15) is 31.5 Å². The van der Waals surface area contributed by atoms with Gasteiger partial charge in [-0.25, -0.2) is 13.6 Å². The molecule has 0 fully saturated rings. The molecule has 0 aliphatic heterocycles. The number of hydrazone groups is 1. The van der Waals surface area contributed by atoms with Gasteiger partial charge < -0.3 is 9.84 Å². The maximum atomic E-state index is 14.0. The predicted molar refractivity (Wildman–Crippen MR) is 90.2 cm³/mol. The van der Waals surface area contributed by atoms with Gasteiger partial charge in [-0.3, -0.25) is 10.2 Å². The minimum atomic E-state index is -4.89. The van der Waals surface area contributed by atoms with Crippen LogP contribution in [-0.4, -0.2) is 28.9 Å². The minimum absolute atomic E-state index is 0.0174. The smallest absolute Gasteiger partial charge is 0.476 e. The van der Waals surface area contributed by atoms with E-state index in [0.29, 0.717) is 0 Å². The zero-order chi connectivity index (χ0) is 21.1. The van der Waals surface area contributed by atoms with Crippen molar-refractivity contribution in [2.75, 3.05) is 5.43 Å². The number of Topliss-reactive ketones (excluding diaryl/α,β-unsaturated/α-hetero) is 1. The average molecular weight is 467 g/mol. The molecule has 0 aliphatic rings. The molecule has 0 aromatic heterocycles. The molecule has 2 aromatic rings. The van der Waals surface area contributed by atoms with Crippen LogP contribution in [0.3, 0.4) is 0 Å². The highest BCUT2D eigenvalue weighted by Gasteiger charge is 2.31. The summed E-state index contributed by atoms with van der Waals surface area (Å²) < 4.78 is 67.5. The Morgan fingerprint density at radius 3 is 2.21 bits per heavy atom. The quantitative estimate of drug-likeness (QED) is 0.165. The summed E-state index contributed by atoms with van der Waals surface area (Å²) in [5.74, 6) is -6.59. The largest absolute Gasteiger partial charge is 0.573 e. The molecule has 0 atom stereocenters. The third kappa shape index (κ3) is 5.25. The highest BCUT2D eigenvalue weighted by atomic mass is 79.9. The van der Waals surface area contributed by atoms with Gasteiger partial charge in [-0.1, -0.05) is 0 Å². The number of anilines is 1. The predicted octanol–water partition coefficient (Wildman–Crippen LogP) is 4.36. The van der Waals surface area contributed by atoms with Crippen LogP contribution in [0, 0.1) is 11.6 Å². The monoisotopic (exact) mass is 466 g/mol. The maximum absolute atomic E-state index is 14.0. The number of benzene rings is 2. The fourth-order valence-electron chi connectivity index (χ4n) is 1.90. The number of hydrogen-bond donors (Lipinski definition) is 2. The topological polar surface area (TPSA) is 88.0 Å². The molecule has 2 rings (SSSR count). The van der Waals surface area contributed by atoms with Crippen LogP contribution in [0.1, 0.15) is 10.4 Å². The van der Waals surface area contributed by atoms with E-state index in [1.807, 2.05) is 0 Å². The van der Waals surface area contributed by atoms with E-state index < -0.39 is 46.8 Å². The summed E-state index contributed by atoms with van der Waals surface area (Å²) >= 11 is 2.75. The van der Waals surface area contributed by atoms with Crippen LogP contribution >= 0.6 is 15.9 Å². The van der Waals surface area contributed by atoms with E-state index in [4.69, 9.17) is 5.11 Å². The van der Waals surface area contributed by atoms with Gasteiger partial charge in [0, 0.05) is 0 Å². The number of ether oxygens (including phenoxy) is 1. The van der Waals surface area contributed by atoms with E-state index in [2.05, 4.69) is 31.2 Å². The van der Waals surface area contributed by atoms with Gasteiger partial charge in [0.1, 0.15) is 11.6 Å². The Hall–Kier alpha value is -3.02. The van der Waals surface area contributed by atoms with Crippen molar-refractivity contribution in [2.24, 2.45) is 5.10 Å². The van der Waals surface area contributed by atoms with Crippen molar-refractivity contribution in [3.63, 3.8) is 0 Å². The van der Waals surface area contributed by atoms with E-state index in [-0.39, 0.29) is 10.2 Å². The standard InChI is InChI=1S/C16H8BrF5N2O4/c17-9-5-6-10(18)11(12(9)19)14(25)13(15(26)27)24-23-7-1-3-8(4-2-7)28-16(20,21)22/h1-6,23H,(H,26,27)/b24-13+. The second-order valence-electron chi connectivity index (χ2n) is 5.00. The molecule has 28 heavy (non-hydrogen) atoms. The molecule has 0 saturated carbocycles. The van der Waals surface area contributed by atoms with Crippen LogP contribution in [0.15, 0.2) is 46.0 Å². The van der Waals surface area contributed by atoms with Gasteiger partial charge in [0.25, 0.3) is 0 Å². The van der Waals surface area contributed by atoms with Gasteiger partial charge in [-0.15, -0.1) is 13.2 Å². The number of nitrogens with zero attached hydrogens (tertiary/aromatic N) is 1. The van der Waals surface area contributed by atoms with Crippen LogP contribution in [0.5, 0.6) is 5.75 Å². The van der Waals surface area contributed by atoms with Crippen LogP contribution in [0.2, 0.25) is 0 Å². The van der Waals surface area contributed by atoms with Crippen molar-refractivity contribution < 1.29 is 41.4 Å². The number of carbonyl (C=O) groups is 2. The first-order valence-corrected chi connectivity index (χ1v) is 7.90. The molecule has 2 aromatic carbocycles. The van der Waals surface area contributed by atoms with Gasteiger partial charge >= 0.3 is 12.3 Å². The zero-order valence-electron chi connectivity index (χ0n) is 13.4. The fraction of sp³-hybridized carbons (Fsp3) is 0.0625. The molecular weight excluding hydrogens is 459 g/mol. The molecular formula is C16H8BrF5N2O4. The van der Waals surface area contributed by atoms with E-state index in [1.54, 1.807) is 0 Å². The molecule has 0 aliphatic carbocycles. The van der Waals surface area contributed by atoms with E-state index >= 15 is 0 Å². The molecule has 0 spiro atoms. The lowest BCUT2D eigenvalue weighted by Gasteiger charge is -2.09. The molecule has 0 bridgehead atoms. The number of nitrogens with one attached hydrogen (secondary N) is 1. The van der Waals surface area contributed by atoms with Gasteiger partial charge in [-0.2, -0.15) is 5.10 Å². The Balaban J connectivity index is 2.28. The lowest BCUT2D eigenvalue weighted by atomic mass is 10.1. The van der Waals surface area contributed by atoms with Gasteiger partial charge in [-0.05, 0) is 52.3 Å². The molecule has 0 radical (unpaired) electrons. The number of halogens is 6. The summed E-state index contributed by atoms with van der Waals surface area (Å²) in [6, 6.07) is 5.65. The third-order valence-corrected chi connectivity index (χ3v) is 3.69. The summed E-state index contributed by atoms with van der Waals surface area (Å²) in [5.41, 5.74) is -0.281. The number of aliphatic carboxylic acids is 1. The lowest BCUT2D eigenvalue weighted by molar-refractivity contribution is -0.274. The Morgan fingerprint density at radius 1 is 1.07 bits per heavy atom. The Labute approximate surface area is 161 Å². The number of ketones is 1. The van der Waals surface area contributed by atoms with Crippen LogP contribution < -0.4 is 10.2 Å². The van der Waals surface area contributed by atoms with Crippen molar-refractivity contribution in [3.05, 3.63) is 58.1 Å². The molecule has 6 nitrogen and oxygen atoms in total. The summed E-state index contributed by atoms with van der Waals surface area (Å²) in [5, 5.41) is 12.4. The molecule has 0 amide bonds. The zero-order valence-corrected chi connectivity index (χ0v) is 14.9. The SMILES string of the molecule is O=C(O)/C(=N/Nc1ccc(OC(F)(F)F)cc1)C(=O)c1c(F)ccc(Br)c1F. The number of carboxylic acids is 1. The third-order valence-electron chi connectivity index (χ3n) is 3.07. The van der Waals surface area contributed by atoms with Crippen LogP contribution in [0.4, 0.5) is 27.6 Å². The number of carbonyl (C=O) groups excluding carboxylic acids is 1. The van der Waals surface area contributed by atoms with Crippen LogP contribution in [0.25, 0.3) is 0 Å². The van der Waals surface area contributed by atoms with Crippen molar-refractivity contribution in [1.29, 1.82) is 0 Å². The molecule has 0 saturated heterocycles. The number of hydrogen-bond acceptors (Lipinski definition) is 5. The molecule has 12 heteroatoms. The fourth-order valence-corrected chi connectivity index (χ4v) is 2.23. The molecule has 0 unspecified atom stereocenters. The second kappa shape index (κ2) is 8.33. The Morgan fingerprint density at radius 2 is 1.68 bits per heavy atom. The summed E-state index contributed by atoms with van der Waals surface area (Å²) in [6.07, 6.45) is -4.89. The first kappa shape index (κ1) is 21.3. The van der Waals surface area contributed by atoms with Crippen molar-refractivity contribution in [2.45, 2.75) is 6.36 Å². The number of alkyl halides is 3. The number of carboxylic acid groups (broad SMARTS) is 1. The average Bonchev–Trinajstić information content (AvgIpc) is 2.58. The Kier molecular flexibility index (Phi) is 6.33. The summed E-state index contributed by atoms with van der Waals surface area (Å²) in [7, 11) is 0. The van der Waals surface area contributed by atoms with Crippen LogP contribution in [-0.2, 0) is 4.79 Å². The normalized spacial score (nSPS) is 11.9. The van der Waals surface area contributed by atoms with Crippen molar-refractivity contribution in [1.82, 2.24) is 0 Å². The lowest BCUT2D eigenvalue weighted by Crippen LogP contribution is -2.27. The first-order valence-electron chi connectivity index (χ1n) is 7.10. The highest BCUT2D eigenvalue weighted by Crippen LogP contribution is 2.24. The highest BCUT2D eigenvalue weighted by molar-refractivity contribution is 9.10. The number of rotatable bonds is 6.